The van der Waals surface area contributed by atoms with Crippen molar-refractivity contribution in [3.05, 3.63) is 30.3 Å². The molecule has 4 nitrogen and oxygen atoms in total. The van der Waals surface area contributed by atoms with E-state index in [9.17, 15) is 4.79 Å². The van der Waals surface area contributed by atoms with Crippen LogP contribution in [0.15, 0.2) is 30.3 Å². The first-order valence-corrected chi connectivity index (χ1v) is 4.68. The van der Waals surface area contributed by atoms with Crippen molar-refractivity contribution in [2.75, 3.05) is 6.61 Å². The first-order chi connectivity index (χ1) is 7.33. The molecule has 4 heteroatoms. The van der Waals surface area contributed by atoms with Crippen LogP contribution in [0.2, 0.25) is 0 Å². The van der Waals surface area contributed by atoms with Crippen LogP contribution < -0.4 is 10.1 Å². The maximum atomic E-state index is 10.9. The van der Waals surface area contributed by atoms with E-state index in [4.69, 9.17) is 10.00 Å². The maximum Gasteiger partial charge on any atom is 0.233 e. The van der Waals surface area contributed by atoms with E-state index in [-0.39, 0.29) is 5.91 Å². The molecule has 78 valence electrons. The van der Waals surface area contributed by atoms with E-state index in [2.05, 4.69) is 5.32 Å². The minimum Gasteiger partial charge on any atom is -0.494 e. The fourth-order valence-electron chi connectivity index (χ4n) is 1.06. The monoisotopic (exact) mass is 204 g/mol. The molecule has 0 spiro atoms. The fraction of sp³-hybridized carbons (Fsp3) is 0.273. The van der Waals surface area contributed by atoms with Gasteiger partial charge < -0.3 is 4.74 Å². The smallest absolute Gasteiger partial charge is 0.233 e. The van der Waals surface area contributed by atoms with Gasteiger partial charge in [0, 0.05) is 6.42 Å². The van der Waals surface area contributed by atoms with Crippen molar-refractivity contribution in [1.82, 2.24) is 5.32 Å². The number of amides is 1. The molecule has 0 radical (unpaired) electrons. The summed E-state index contributed by atoms with van der Waals surface area (Å²) < 4.78 is 5.37. The second-order valence-corrected chi connectivity index (χ2v) is 2.93. The van der Waals surface area contributed by atoms with Gasteiger partial charge in [0.15, 0.2) is 6.19 Å². The molecule has 0 saturated carbocycles. The largest absolute Gasteiger partial charge is 0.494 e. The molecule has 0 aliphatic rings. The minimum atomic E-state index is -0.269. The standard InChI is InChI=1S/C11H12N2O2/c12-9-13-11(14)7-4-8-15-10-5-2-1-3-6-10/h1-3,5-6H,4,7-8H2,(H,13,14). The molecule has 0 atom stereocenters. The zero-order valence-electron chi connectivity index (χ0n) is 8.27. The van der Waals surface area contributed by atoms with E-state index in [1.165, 1.54) is 0 Å². The second kappa shape index (κ2) is 6.44. The minimum absolute atomic E-state index is 0.269. The summed E-state index contributed by atoms with van der Waals surface area (Å²) in [4.78, 5) is 10.9. The summed E-state index contributed by atoms with van der Waals surface area (Å²) in [7, 11) is 0. The molecule has 0 unspecified atom stereocenters. The molecule has 0 fully saturated rings. The molecule has 0 saturated heterocycles. The van der Waals surface area contributed by atoms with Crippen molar-refractivity contribution in [1.29, 1.82) is 5.26 Å². The van der Waals surface area contributed by atoms with E-state index in [0.29, 0.717) is 19.4 Å². The highest BCUT2D eigenvalue weighted by atomic mass is 16.5. The van der Waals surface area contributed by atoms with Gasteiger partial charge in [-0.25, -0.2) is 0 Å². The molecule has 1 amide bonds. The number of benzene rings is 1. The number of nitriles is 1. The number of nitrogens with zero attached hydrogens (tertiary/aromatic N) is 1. The molecule has 1 N–H and O–H groups in total. The van der Waals surface area contributed by atoms with E-state index in [1.807, 2.05) is 30.3 Å². The number of rotatable bonds is 5. The average molecular weight is 204 g/mol. The van der Waals surface area contributed by atoms with Gasteiger partial charge in [0.2, 0.25) is 5.91 Å². The van der Waals surface area contributed by atoms with Gasteiger partial charge in [-0.15, -0.1) is 0 Å². The molecular weight excluding hydrogens is 192 g/mol. The zero-order valence-corrected chi connectivity index (χ0v) is 8.27. The molecule has 0 aliphatic heterocycles. The Morgan fingerprint density at radius 3 is 2.80 bits per heavy atom. The van der Waals surface area contributed by atoms with Crippen LogP contribution in [0.3, 0.4) is 0 Å². The average Bonchev–Trinajstić information content (AvgIpc) is 2.26. The van der Waals surface area contributed by atoms with E-state index in [1.54, 1.807) is 6.19 Å². The molecular formula is C11H12N2O2. The van der Waals surface area contributed by atoms with Crippen LogP contribution >= 0.6 is 0 Å². The summed E-state index contributed by atoms with van der Waals surface area (Å²) in [5.41, 5.74) is 0. The van der Waals surface area contributed by atoms with Crippen molar-refractivity contribution >= 4 is 5.91 Å². The van der Waals surface area contributed by atoms with Crippen molar-refractivity contribution in [2.24, 2.45) is 0 Å². The topological polar surface area (TPSA) is 62.1 Å². The summed E-state index contributed by atoms with van der Waals surface area (Å²) in [6, 6.07) is 9.40. The number of carbonyl (C=O) groups excluding carboxylic acids is 1. The molecule has 15 heavy (non-hydrogen) atoms. The second-order valence-electron chi connectivity index (χ2n) is 2.93. The van der Waals surface area contributed by atoms with Gasteiger partial charge in [0.05, 0.1) is 6.61 Å². The lowest BCUT2D eigenvalue weighted by molar-refractivity contribution is -0.120. The number of carbonyl (C=O) groups is 1. The Morgan fingerprint density at radius 2 is 2.13 bits per heavy atom. The van der Waals surface area contributed by atoms with Crippen LogP contribution in [-0.2, 0) is 4.79 Å². The fourth-order valence-corrected chi connectivity index (χ4v) is 1.06. The quantitative estimate of drug-likeness (QED) is 0.448. The molecule has 0 heterocycles. The number of ether oxygens (including phenoxy) is 1. The summed E-state index contributed by atoms with van der Waals surface area (Å²) in [5, 5.41) is 10.2. The zero-order chi connectivity index (χ0) is 10.9. The van der Waals surface area contributed by atoms with Gasteiger partial charge in [-0.3, -0.25) is 10.1 Å². The molecule has 0 aromatic heterocycles. The van der Waals surface area contributed by atoms with Gasteiger partial charge in [0.25, 0.3) is 0 Å². The van der Waals surface area contributed by atoms with Crippen molar-refractivity contribution in [2.45, 2.75) is 12.8 Å². The van der Waals surface area contributed by atoms with Crippen LogP contribution in [0.5, 0.6) is 5.75 Å². The van der Waals surface area contributed by atoms with Gasteiger partial charge in [0.1, 0.15) is 5.75 Å². The highest BCUT2D eigenvalue weighted by Gasteiger charge is 1.99. The Labute approximate surface area is 88.5 Å². The molecule has 0 bridgehead atoms. The molecule has 1 aromatic carbocycles. The SMILES string of the molecule is N#CNC(=O)CCCOc1ccccc1. The lowest BCUT2D eigenvalue weighted by Crippen LogP contribution is -2.17. The molecule has 1 rings (SSSR count). The van der Waals surface area contributed by atoms with Crippen molar-refractivity contribution in [3.63, 3.8) is 0 Å². The molecule has 1 aromatic rings. The number of para-hydroxylation sites is 1. The van der Waals surface area contributed by atoms with Crippen LogP contribution in [0, 0.1) is 11.5 Å². The number of hydrogen-bond acceptors (Lipinski definition) is 3. The Bertz CT molecular complexity index is 343. The first-order valence-electron chi connectivity index (χ1n) is 4.68. The number of hydrogen-bond donors (Lipinski definition) is 1. The third kappa shape index (κ3) is 4.67. The van der Waals surface area contributed by atoms with Gasteiger partial charge in [-0.2, -0.15) is 5.26 Å². The van der Waals surface area contributed by atoms with Crippen molar-refractivity contribution in [3.8, 4) is 11.9 Å². The van der Waals surface area contributed by atoms with Crippen LogP contribution in [0.1, 0.15) is 12.8 Å². The highest BCUT2D eigenvalue weighted by molar-refractivity contribution is 5.77. The predicted molar refractivity (Wildman–Crippen MR) is 54.9 cm³/mol. The Morgan fingerprint density at radius 1 is 1.40 bits per heavy atom. The lowest BCUT2D eigenvalue weighted by Gasteiger charge is -2.04. The van der Waals surface area contributed by atoms with E-state index in [0.717, 1.165) is 5.75 Å². The molecule has 0 aliphatic carbocycles. The van der Waals surface area contributed by atoms with E-state index >= 15 is 0 Å². The summed E-state index contributed by atoms with van der Waals surface area (Å²) in [6.45, 7) is 0.475. The third-order valence-corrected chi connectivity index (χ3v) is 1.76. The first kappa shape index (κ1) is 11.1. The Balaban J connectivity index is 2.13. The predicted octanol–water partition coefficient (Wildman–Crippen LogP) is 1.44. The van der Waals surface area contributed by atoms with Gasteiger partial charge in [-0.1, -0.05) is 18.2 Å². The highest BCUT2D eigenvalue weighted by Crippen LogP contribution is 2.08. The Kier molecular flexibility index (Phi) is 4.74. The maximum absolute atomic E-state index is 10.9. The van der Waals surface area contributed by atoms with Crippen LogP contribution in [-0.4, -0.2) is 12.5 Å². The third-order valence-electron chi connectivity index (χ3n) is 1.76. The number of nitrogens with one attached hydrogen (secondary N) is 1. The van der Waals surface area contributed by atoms with Gasteiger partial charge in [-0.05, 0) is 18.6 Å². The lowest BCUT2D eigenvalue weighted by atomic mass is 10.3. The van der Waals surface area contributed by atoms with Crippen LogP contribution in [0.25, 0.3) is 0 Å². The summed E-state index contributed by atoms with van der Waals surface area (Å²) >= 11 is 0. The van der Waals surface area contributed by atoms with Gasteiger partial charge >= 0.3 is 0 Å². The normalized spacial score (nSPS) is 9.00. The summed E-state index contributed by atoms with van der Waals surface area (Å²) in [5.74, 6) is 0.521. The van der Waals surface area contributed by atoms with Crippen LogP contribution in [0.4, 0.5) is 0 Å². The van der Waals surface area contributed by atoms with E-state index < -0.39 is 0 Å². The Hall–Kier alpha value is -2.02. The van der Waals surface area contributed by atoms with Crippen molar-refractivity contribution < 1.29 is 9.53 Å². The summed E-state index contributed by atoms with van der Waals surface area (Å²) in [6.07, 6.45) is 2.49.